The van der Waals surface area contributed by atoms with E-state index in [9.17, 15) is 14.7 Å². The van der Waals surface area contributed by atoms with Crippen molar-refractivity contribution in [1.29, 1.82) is 0 Å². The zero-order chi connectivity index (χ0) is 16.8. The predicted octanol–water partition coefficient (Wildman–Crippen LogP) is 1.40. The molecular weight excluding hydrogens is 298 g/mol. The molecule has 0 saturated heterocycles. The molecule has 1 aromatic carbocycles. The van der Waals surface area contributed by atoms with Gasteiger partial charge in [-0.3, -0.25) is 14.7 Å². The number of ether oxygens (including phenoxy) is 1. The number of hydrogen-bond acceptors (Lipinski definition) is 4. The summed E-state index contributed by atoms with van der Waals surface area (Å²) in [5.74, 6) is -1.50. The summed E-state index contributed by atoms with van der Waals surface area (Å²) in [5, 5.41) is 18.5. The quantitative estimate of drug-likeness (QED) is 0.716. The maximum atomic E-state index is 11.9. The van der Waals surface area contributed by atoms with Crippen molar-refractivity contribution >= 4 is 11.9 Å². The fourth-order valence-corrected chi connectivity index (χ4v) is 2.22. The van der Waals surface area contributed by atoms with Crippen LogP contribution < -0.4 is 10.1 Å². The van der Waals surface area contributed by atoms with Gasteiger partial charge in [-0.15, -0.1) is 0 Å². The minimum absolute atomic E-state index is 0.0120. The average molecular weight is 317 g/mol. The van der Waals surface area contributed by atoms with Crippen LogP contribution in [0.15, 0.2) is 30.3 Å². The van der Waals surface area contributed by atoms with E-state index < -0.39 is 17.8 Å². The van der Waals surface area contributed by atoms with Crippen LogP contribution in [0.3, 0.4) is 0 Å². The molecule has 3 N–H and O–H groups in total. The number of carboxylic acid groups (broad SMARTS) is 1. The van der Waals surface area contributed by atoms with E-state index in [1.54, 1.807) is 19.1 Å². The van der Waals surface area contributed by atoms with E-state index >= 15 is 0 Å². The summed E-state index contributed by atoms with van der Waals surface area (Å²) in [5.41, 5.74) is 1.79. The molecule has 0 spiro atoms. The molecule has 1 aromatic heterocycles. The van der Waals surface area contributed by atoms with Gasteiger partial charge in [0.25, 0.3) is 5.91 Å². The Bertz CT molecular complexity index is 696. The van der Waals surface area contributed by atoms with Gasteiger partial charge in [0.15, 0.2) is 0 Å². The van der Waals surface area contributed by atoms with E-state index in [1.165, 1.54) is 7.11 Å². The van der Waals surface area contributed by atoms with Crippen LogP contribution in [0.25, 0.3) is 0 Å². The number of aromatic nitrogens is 2. The minimum atomic E-state index is -0.977. The lowest BCUT2D eigenvalue weighted by molar-refractivity contribution is -0.141. The van der Waals surface area contributed by atoms with E-state index in [0.717, 1.165) is 11.3 Å². The molecule has 0 aliphatic rings. The standard InChI is InChI=1S/C16H19N3O4/c1-10-7-13(19-18-10)15(20)17-9-12(16(21)22)8-11-5-3-4-6-14(11)23-2/h3-7,12H,8-9H2,1-2H3,(H,17,20)(H,18,19)(H,21,22). The second kappa shape index (κ2) is 7.44. The highest BCUT2D eigenvalue weighted by molar-refractivity contribution is 5.92. The highest BCUT2D eigenvalue weighted by Crippen LogP contribution is 2.21. The van der Waals surface area contributed by atoms with E-state index in [1.807, 2.05) is 18.2 Å². The van der Waals surface area contributed by atoms with Gasteiger partial charge in [0.2, 0.25) is 0 Å². The summed E-state index contributed by atoms with van der Waals surface area (Å²) in [6, 6.07) is 8.83. The Labute approximate surface area is 133 Å². The molecular formula is C16H19N3O4. The fourth-order valence-electron chi connectivity index (χ4n) is 2.22. The number of para-hydroxylation sites is 1. The first-order valence-electron chi connectivity index (χ1n) is 7.16. The molecule has 0 radical (unpaired) electrons. The highest BCUT2D eigenvalue weighted by atomic mass is 16.5. The molecule has 0 aliphatic heterocycles. The van der Waals surface area contributed by atoms with Gasteiger partial charge in [0.05, 0.1) is 13.0 Å². The Hall–Kier alpha value is -2.83. The molecule has 2 aromatic rings. The second-order valence-corrected chi connectivity index (χ2v) is 5.20. The van der Waals surface area contributed by atoms with Crippen molar-refractivity contribution in [1.82, 2.24) is 15.5 Å². The molecule has 1 unspecified atom stereocenters. The van der Waals surface area contributed by atoms with E-state index in [2.05, 4.69) is 15.5 Å². The van der Waals surface area contributed by atoms with Gasteiger partial charge in [0, 0.05) is 12.2 Å². The topological polar surface area (TPSA) is 104 Å². The molecule has 1 heterocycles. The fraction of sp³-hybridized carbons (Fsp3) is 0.312. The second-order valence-electron chi connectivity index (χ2n) is 5.20. The molecule has 0 bridgehead atoms. The molecule has 1 atom stereocenters. The molecule has 122 valence electrons. The molecule has 7 heteroatoms. The molecule has 7 nitrogen and oxygen atoms in total. The van der Waals surface area contributed by atoms with Crippen LogP contribution in [-0.4, -0.2) is 40.8 Å². The Balaban J connectivity index is 2.02. The van der Waals surface area contributed by atoms with Gasteiger partial charge >= 0.3 is 5.97 Å². The third-order valence-electron chi connectivity index (χ3n) is 3.46. The predicted molar refractivity (Wildman–Crippen MR) is 83.5 cm³/mol. The number of hydrogen-bond donors (Lipinski definition) is 3. The summed E-state index contributed by atoms with van der Waals surface area (Å²) in [4.78, 5) is 23.4. The summed E-state index contributed by atoms with van der Waals surface area (Å²) < 4.78 is 5.23. The van der Waals surface area contributed by atoms with Crippen LogP contribution in [-0.2, 0) is 11.2 Å². The van der Waals surface area contributed by atoms with Gasteiger partial charge in [-0.25, -0.2) is 0 Å². The lowest BCUT2D eigenvalue weighted by Gasteiger charge is -2.15. The summed E-state index contributed by atoms with van der Waals surface area (Å²) in [6.45, 7) is 1.80. The first kappa shape index (κ1) is 16.5. The monoisotopic (exact) mass is 317 g/mol. The van der Waals surface area contributed by atoms with Gasteiger partial charge in [0.1, 0.15) is 11.4 Å². The number of nitrogens with zero attached hydrogens (tertiary/aromatic N) is 1. The number of carbonyl (C=O) groups is 2. The number of aryl methyl sites for hydroxylation is 1. The van der Waals surface area contributed by atoms with Crippen molar-refractivity contribution in [2.45, 2.75) is 13.3 Å². The first-order chi connectivity index (χ1) is 11.0. The van der Waals surface area contributed by atoms with Gasteiger partial charge < -0.3 is 15.2 Å². The van der Waals surface area contributed by atoms with Gasteiger partial charge in [-0.1, -0.05) is 18.2 Å². The van der Waals surface area contributed by atoms with Crippen molar-refractivity contribution in [3.63, 3.8) is 0 Å². The van der Waals surface area contributed by atoms with E-state index in [0.29, 0.717) is 5.75 Å². The maximum absolute atomic E-state index is 11.9. The normalized spacial score (nSPS) is 11.7. The largest absolute Gasteiger partial charge is 0.496 e. The lowest BCUT2D eigenvalue weighted by Crippen LogP contribution is -2.34. The third-order valence-corrected chi connectivity index (χ3v) is 3.46. The third kappa shape index (κ3) is 4.32. The van der Waals surface area contributed by atoms with Crippen LogP contribution in [0.2, 0.25) is 0 Å². The number of benzene rings is 1. The molecule has 23 heavy (non-hydrogen) atoms. The van der Waals surface area contributed by atoms with Crippen molar-refractivity contribution in [2.24, 2.45) is 5.92 Å². The van der Waals surface area contributed by atoms with Crippen LogP contribution >= 0.6 is 0 Å². The number of rotatable bonds is 7. The molecule has 2 rings (SSSR count). The first-order valence-corrected chi connectivity index (χ1v) is 7.16. The maximum Gasteiger partial charge on any atom is 0.308 e. The number of carboxylic acids is 1. The Kier molecular flexibility index (Phi) is 5.35. The van der Waals surface area contributed by atoms with Gasteiger partial charge in [-0.05, 0) is 31.0 Å². The minimum Gasteiger partial charge on any atom is -0.496 e. The number of nitrogens with one attached hydrogen (secondary N) is 2. The number of carbonyl (C=O) groups excluding carboxylic acids is 1. The van der Waals surface area contributed by atoms with Crippen LogP contribution in [0.1, 0.15) is 21.7 Å². The highest BCUT2D eigenvalue weighted by Gasteiger charge is 2.21. The Morgan fingerprint density at radius 3 is 2.74 bits per heavy atom. The summed E-state index contributed by atoms with van der Waals surface area (Å²) >= 11 is 0. The smallest absolute Gasteiger partial charge is 0.308 e. The number of aliphatic carboxylic acids is 1. The zero-order valence-electron chi connectivity index (χ0n) is 13.0. The van der Waals surface area contributed by atoms with Crippen LogP contribution in [0.4, 0.5) is 0 Å². The average Bonchev–Trinajstić information content (AvgIpc) is 2.97. The zero-order valence-corrected chi connectivity index (χ0v) is 13.0. The number of amides is 1. The number of H-pyrrole nitrogens is 1. The molecule has 0 fully saturated rings. The van der Waals surface area contributed by atoms with Crippen molar-refractivity contribution in [2.75, 3.05) is 13.7 Å². The van der Waals surface area contributed by atoms with Crippen LogP contribution in [0.5, 0.6) is 5.75 Å². The molecule has 1 amide bonds. The Morgan fingerprint density at radius 2 is 2.13 bits per heavy atom. The summed E-state index contributed by atoms with van der Waals surface area (Å²) in [7, 11) is 1.54. The number of methoxy groups -OCH3 is 1. The van der Waals surface area contributed by atoms with E-state index in [-0.39, 0.29) is 18.7 Å². The SMILES string of the molecule is COc1ccccc1CC(CNC(=O)c1cc(C)[nH]n1)C(=O)O. The lowest BCUT2D eigenvalue weighted by atomic mass is 9.98. The molecule has 0 saturated carbocycles. The Morgan fingerprint density at radius 1 is 1.39 bits per heavy atom. The van der Waals surface area contributed by atoms with Crippen molar-refractivity contribution in [3.8, 4) is 5.75 Å². The van der Waals surface area contributed by atoms with E-state index in [4.69, 9.17) is 4.74 Å². The number of aromatic amines is 1. The van der Waals surface area contributed by atoms with Crippen molar-refractivity contribution in [3.05, 3.63) is 47.3 Å². The molecule has 0 aliphatic carbocycles. The van der Waals surface area contributed by atoms with Gasteiger partial charge in [-0.2, -0.15) is 5.10 Å². The van der Waals surface area contributed by atoms with Crippen LogP contribution in [0, 0.1) is 12.8 Å². The van der Waals surface area contributed by atoms with Crippen molar-refractivity contribution < 1.29 is 19.4 Å². The summed E-state index contributed by atoms with van der Waals surface area (Å²) in [6.07, 6.45) is 0.263.